The van der Waals surface area contributed by atoms with E-state index < -0.39 is 31.1 Å². The summed E-state index contributed by atoms with van der Waals surface area (Å²) in [6.45, 7) is -0.403. The monoisotopic (exact) mass is 318 g/mol. The van der Waals surface area contributed by atoms with Gasteiger partial charge in [-0.05, 0) is 12.2 Å². The van der Waals surface area contributed by atoms with Gasteiger partial charge >= 0.3 is 0 Å². The van der Waals surface area contributed by atoms with Crippen molar-refractivity contribution < 1.29 is 20.1 Å². The van der Waals surface area contributed by atoms with Gasteiger partial charge in [0.1, 0.15) is 29.5 Å². The number of halogens is 1. The third-order valence-corrected chi connectivity index (χ3v) is 3.66. The van der Waals surface area contributed by atoms with Crippen LogP contribution in [-0.2, 0) is 4.74 Å². The van der Waals surface area contributed by atoms with Gasteiger partial charge in [0, 0.05) is 0 Å². The van der Waals surface area contributed by atoms with E-state index in [1.54, 1.807) is 0 Å². The van der Waals surface area contributed by atoms with Crippen molar-refractivity contribution in [3.8, 4) is 0 Å². The molecule has 108 valence electrons. The van der Waals surface area contributed by atoms with Gasteiger partial charge in [0.05, 0.1) is 12.9 Å². The highest BCUT2D eigenvalue weighted by molar-refractivity contribution is 7.71. The molecular weight excluding hydrogens is 308 g/mol. The highest BCUT2D eigenvalue weighted by atomic mass is 35.5. The van der Waals surface area contributed by atoms with E-state index in [2.05, 4.69) is 15.0 Å². The normalized spacial score (nSPS) is 30.2. The molecule has 0 amide bonds. The Morgan fingerprint density at radius 3 is 2.85 bits per heavy atom. The van der Waals surface area contributed by atoms with Gasteiger partial charge < -0.3 is 25.0 Å². The molecule has 1 aliphatic heterocycles. The number of fused-ring (bicyclic) bond motifs is 1. The molecule has 2 aromatic rings. The Morgan fingerprint density at radius 1 is 1.45 bits per heavy atom. The first kappa shape index (κ1) is 13.9. The van der Waals surface area contributed by atoms with Crippen LogP contribution in [0.4, 0.5) is 0 Å². The molecule has 1 saturated heterocycles. The fourth-order valence-corrected chi connectivity index (χ4v) is 2.67. The largest absolute Gasteiger partial charge is 0.394 e. The number of ether oxygens (including phenoxy) is 1. The smallest absolute Gasteiger partial charge is 0.199 e. The molecule has 1 aliphatic rings. The molecule has 0 radical (unpaired) electrons. The summed E-state index contributed by atoms with van der Waals surface area (Å²) in [6.07, 6.45) is -2.78. The van der Waals surface area contributed by atoms with Gasteiger partial charge in [-0.15, -0.1) is 0 Å². The maximum Gasteiger partial charge on any atom is 0.199 e. The number of rotatable bonds is 2. The number of imidazole rings is 1. The van der Waals surface area contributed by atoms with Crippen molar-refractivity contribution >= 4 is 35.0 Å². The van der Waals surface area contributed by atoms with E-state index in [4.69, 9.17) is 33.7 Å². The molecule has 3 heterocycles. The third-order valence-electron chi connectivity index (χ3n) is 3.21. The molecule has 3 rings (SSSR count). The van der Waals surface area contributed by atoms with Gasteiger partial charge in [-0.1, -0.05) is 11.6 Å². The Labute approximate surface area is 122 Å². The second-order valence-corrected chi connectivity index (χ2v) is 5.16. The Morgan fingerprint density at radius 2 is 2.20 bits per heavy atom. The first-order valence-electron chi connectivity index (χ1n) is 5.77. The molecule has 0 unspecified atom stereocenters. The Kier molecular flexibility index (Phi) is 3.48. The van der Waals surface area contributed by atoms with Crippen LogP contribution >= 0.6 is 23.8 Å². The Bertz CT molecular complexity index is 704. The molecule has 0 bridgehead atoms. The van der Waals surface area contributed by atoms with Crippen LogP contribution < -0.4 is 0 Å². The first-order valence-corrected chi connectivity index (χ1v) is 6.56. The number of H-pyrrole nitrogens is 1. The summed E-state index contributed by atoms with van der Waals surface area (Å²) in [7, 11) is 0. The summed E-state index contributed by atoms with van der Waals surface area (Å²) in [5, 5.41) is 29.0. The topological polar surface area (TPSA) is 116 Å². The number of nitrogens with one attached hydrogen (secondary N) is 1. The van der Waals surface area contributed by atoms with E-state index in [0.717, 1.165) is 0 Å². The van der Waals surface area contributed by atoms with Gasteiger partial charge in [-0.3, -0.25) is 4.57 Å². The first-order chi connectivity index (χ1) is 9.52. The van der Waals surface area contributed by atoms with Gasteiger partial charge in [-0.2, -0.15) is 0 Å². The molecule has 2 aromatic heterocycles. The average molecular weight is 319 g/mol. The zero-order chi connectivity index (χ0) is 14.4. The number of aromatic nitrogens is 4. The van der Waals surface area contributed by atoms with Gasteiger partial charge in [0.2, 0.25) is 0 Å². The minimum atomic E-state index is -1.21. The molecule has 8 nitrogen and oxygen atoms in total. The molecule has 1 fully saturated rings. The quantitative estimate of drug-likeness (QED) is 0.446. The van der Waals surface area contributed by atoms with Crippen LogP contribution in [0, 0.1) is 4.77 Å². The summed E-state index contributed by atoms with van der Waals surface area (Å²) in [6, 6.07) is 0. The number of aromatic amines is 1. The second kappa shape index (κ2) is 5.02. The molecule has 4 N–H and O–H groups in total. The maximum absolute atomic E-state index is 10.0. The molecular formula is C10H11ClN4O4S. The van der Waals surface area contributed by atoms with Crippen molar-refractivity contribution in [2.45, 2.75) is 24.5 Å². The van der Waals surface area contributed by atoms with Crippen molar-refractivity contribution in [3.63, 3.8) is 0 Å². The standard InChI is InChI=1S/C10H11ClN4O4S/c11-7-4-8(14-10(20)13-7)15(2-12-4)9-6(18)5(17)3(1-16)19-9/h2-3,5-6,9,16-18H,1H2,(H,13,14,20)/t3-,5-,6-,9-/m1/s1. The van der Waals surface area contributed by atoms with Crippen molar-refractivity contribution in [1.82, 2.24) is 19.5 Å². The van der Waals surface area contributed by atoms with E-state index >= 15 is 0 Å². The van der Waals surface area contributed by atoms with Crippen LogP contribution in [0.2, 0.25) is 5.15 Å². The molecule has 0 aliphatic carbocycles. The minimum Gasteiger partial charge on any atom is -0.394 e. The number of aliphatic hydroxyl groups excluding tert-OH is 3. The van der Waals surface area contributed by atoms with Crippen molar-refractivity contribution in [2.75, 3.05) is 6.61 Å². The van der Waals surface area contributed by atoms with Gasteiger partial charge in [0.15, 0.2) is 16.2 Å². The van der Waals surface area contributed by atoms with E-state index in [9.17, 15) is 10.2 Å². The molecule has 0 aromatic carbocycles. The highest BCUT2D eigenvalue weighted by Crippen LogP contribution is 2.31. The number of aliphatic hydroxyl groups is 3. The van der Waals surface area contributed by atoms with Crippen LogP contribution in [-0.4, -0.2) is 59.8 Å². The lowest BCUT2D eigenvalue weighted by Crippen LogP contribution is -2.33. The van der Waals surface area contributed by atoms with E-state index in [1.807, 2.05) is 0 Å². The SMILES string of the molecule is OC[C@H]1O[C@@H](n2cnc3c(Cl)nc(=S)[nH]c32)[C@H](O)[C@@H]1O. The molecule has 0 spiro atoms. The summed E-state index contributed by atoms with van der Waals surface area (Å²) < 4.78 is 7.05. The lowest BCUT2D eigenvalue weighted by molar-refractivity contribution is -0.0511. The fraction of sp³-hybridized carbons (Fsp3) is 0.500. The Hall–Kier alpha value is -1.10. The molecule has 10 heteroatoms. The lowest BCUT2D eigenvalue weighted by atomic mass is 10.1. The van der Waals surface area contributed by atoms with Crippen LogP contribution in [0.1, 0.15) is 6.23 Å². The Balaban J connectivity index is 2.09. The van der Waals surface area contributed by atoms with Crippen LogP contribution in [0.15, 0.2) is 6.33 Å². The summed E-state index contributed by atoms with van der Waals surface area (Å²) in [4.78, 5) is 10.7. The summed E-state index contributed by atoms with van der Waals surface area (Å²) >= 11 is 10.9. The van der Waals surface area contributed by atoms with Crippen molar-refractivity contribution in [3.05, 3.63) is 16.3 Å². The van der Waals surface area contributed by atoms with Crippen LogP contribution in [0.3, 0.4) is 0 Å². The predicted octanol–water partition coefficient (Wildman–Crippen LogP) is -0.246. The van der Waals surface area contributed by atoms with E-state index in [0.29, 0.717) is 11.2 Å². The summed E-state index contributed by atoms with van der Waals surface area (Å²) in [5.41, 5.74) is 0.794. The number of hydrogen-bond acceptors (Lipinski definition) is 7. The van der Waals surface area contributed by atoms with Gasteiger partial charge in [-0.25, -0.2) is 9.97 Å². The number of hydrogen-bond donors (Lipinski definition) is 4. The van der Waals surface area contributed by atoms with E-state index in [1.165, 1.54) is 10.9 Å². The molecule has 0 saturated carbocycles. The predicted molar refractivity (Wildman–Crippen MR) is 70.7 cm³/mol. The van der Waals surface area contributed by atoms with Gasteiger partial charge in [0.25, 0.3) is 0 Å². The molecule has 20 heavy (non-hydrogen) atoms. The maximum atomic E-state index is 10.0. The summed E-state index contributed by atoms with van der Waals surface area (Å²) in [5.74, 6) is 0. The zero-order valence-corrected chi connectivity index (χ0v) is 11.5. The second-order valence-electron chi connectivity index (χ2n) is 4.41. The zero-order valence-electron chi connectivity index (χ0n) is 9.97. The fourth-order valence-electron chi connectivity index (χ4n) is 2.21. The van der Waals surface area contributed by atoms with Crippen LogP contribution in [0.5, 0.6) is 0 Å². The third kappa shape index (κ3) is 2.03. The minimum absolute atomic E-state index is 0.134. The molecule has 4 atom stereocenters. The van der Waals surface area contributed by atoms with Crippen LogP contribution in [0.25, 0.3) is 11.2 Å². The average Bonchev–Trinajstić information content (AvgIpc) is 2.93. The van der Waals surface area contributed by atoms with Crippen molar-refractivity contribution in [2.24, 2.45) is 0 Å². The van der Waals surface area contributed by atoms with Crippen molar-refractivity contribution in [1.29, 1.82) is 0 Å². The highest BCUT2D eigenvalue weighted by Gasteiger charge is 2.43. The van der Waals surface area contributed by atoms with E-state index in [-0.39, 0.29) is 9.92 Å². The number of nitrogens with zero attached hydrogens (tertiary/aromatic N) is 3. The lowest BCUT2D eigenvalue weighted by Gasteiger charge is -2.16.